The highest BCUT2D eigenvalue weighted by atomic mass is 16.5. The first-order valence-corrected chi connectivity index (χ1v) is 4.92. The maximum atomic E-state index is 11.0. The number of carbonyl (C=O) groups excluding carboxylic acids is 1. The van der Waals surface area contributed by atoms with Gasteiger partial charge >= 0.3 is 0 Å². The van der Waals surface area contributed by atoms with Gasteiger partial charge < -0.3 is 10.1 Å². The standard InChI is InChI=1S/C12H12N2O2/c1-8(15)13-12-7-11(16-2)9-5-3-4-6-10(9)14-12/h3-7H,1-2H3,(H,13,14,15). The number of benzene rings is 1. The van der Waals surface area contributed by atoms with Crippen LogP contribution in [0.1, 0.15) is 6.92 Å². The van der Waals surface area contributed by atoms with E-state index in [0.29, 0.717) is 11.6 Å². The van der Waals surface area contributed by atoms with Gasteiger partial charge in [-0.3, -0.25) is 4.79 Å². The van der Waals surface area contributed by atoms with E-state index >= 15 is 0 Å². The molecule has 0 spiro atoms. The molecule has 1 amide bonds. The van der Waals surface area contributed by atoms with E-state index in [1.807, 2.05) is 24.3 Å². The van der Waals surface area contributed by atoms with Gasteiger partial charge in [0, 0.05) is 18.4 Å². The van der Waals surface area contributed by atoms with Gasteiger partial charge in [-0.2, -0.15) is 0 Å². The number of anilines is 1. The number of carbonyl (C=O) groups is 1. The lowest BCUT2D eigenvalue weighted by Gasteiger charge is -2.08. The van der Waals surface area contributed by atoms with Gasteiger partial charge in [0.05, 0.1) is 12.6 Å². The number of pyridine rings is 1. The number of methoxy groups -OCH3 is 1. The maximum Gasteiger partial charge on any atom is 0.222 e. The lowest BCUT2D eigenvalue weighted by molar-refractivity contribution is -0.114. The van der Waals surface area contributed by atoms with Gasteiger partial charge in [-0.1, -0.05) is 12.1 Å². The number of aromatic nitrogens is 1. The molecule has 0 atom stereocenters. The summed E-state index contributed by atoms with van der Waals surface area (Å²) in [6, 6.07) is 9.34. The number of nitrogens with zero attached hydrogens (tertiary/aromatic N) is 1. The normalized spacial score (nSPS) is 10.1. The highest BCUT2D eigenvalue weighted by Gasteiger charge is 2.06. The first-order chi connectivity index (χ1) is 7.70. The van der Waals surface area contributed by atoms with Crippen LogP contribution in [0.4, 0.5) is 5.82 Å². The molecule has 0 aliphatic heterocycles. The summed E-state index contributed by atoms with van der Waals surface area (Å²) in [5.41, 5.74) is 0.797. The van der Waals surface area contributed by atoms with Crippen molar-refractivity contribution in [2.45, 2.75) is 6.92 Å². The Morgan fingerprint density at radius 3 is 2.81 bits per heavy atom. The summed E-state index contributed by atoms with van der Waals surface area (Å²) in [4.78, 5) is 15.3. The fraction of sp³-hybridized carbons (Fsp3) is 0.167. The van der Waals surface area contributed by atoms with E-state index in [1.165, 1.54) is 6.92 Å². The lowest BCUT2D eigenvalue weighted by Crippen LogP contribution is -2.07. The molecule has 1 N–H and O–H groups in total. The molecule has 1 aromatic carbocycles. The second kappa shape index (κ2) is 4.18. The van der Waals surface area contributed by atoms with Crippen molar-refractivity contribution in [3.63, 3.8) is 0 Å². The van der Waals surface area contributed by atoms with Crippen LogP contribution >= 0.6 is 0 Å². The zero-order valence-corrected chi connectivity index (χ0v) is 9.15. The number of amides is 1. The molecular formula is C12H12N2O2. The van der Waals surface area contributed by atoms with Gasteiger partial charge in [-0.15, -0.1) is 0 Å². The molecule has 0 saturated heterocycles. The molecule has 0 aliphatic rings. The fourth-order valence-electron chi connectivity index (χ4n) is 1.56. The summed E-state index contributed by atoms with van der Waals surface area (Å²) in [5.74, 6) is 1.06. The van der Waals surface area contributed by atoms with E-state index in [9.17, 15) is 4.79 Å². The third-order valence-electron chi connectivity index (χ3n) is 2.20. The Bertz CT molecular complexity index is 538. The molecular weight excluding hydrogens is 204 g/mol. The smallest absolute Gasteiger partial charge is 0.222 e. The molecule has 0 fully saturated rings. The Labute approximate surface area is 93.3 Å². The van der Waals surface area contributed by atoms with Crippen LogP contribution in [0.2, 0.25) is 0 Å². The van der Waals surface area contributed by atoms with E-state index in [4.69, 9.17) is 4.74 Å². The van der Waals surface area contributed by atoms with Gasteiger partial charge in [-0.05, 0) is 12.1 Å². The van der Waals surface area contributed by atoms with Crippen molar-refractivity contribution >= 4 is 22.6 Å². The molecule has 4 heteroatoms. The monoisotopic (exact) mass is 216 g/mol. The molecule has 1 aromatic heterocycles. The topological polar surface area (TPSA) is 51.2 Å². The van der Waals surface area contributed by atoms with Crippen LogP contribution in [-0.4, -0.2) is 18.0 Å². The van der Waals surface area contributed by atoms with Gasteiger partial charge in [-0.25, -0.2) is 4.98 Å². The van der Waals surface area contributed by atoms with Crippen molar-refractivity contribution in [1.29, 1.82) is 0 Å². The van der Waals surface area contributed by atoms with Crippen molar-refractivity contribution < 1.29 is 9.53 Å². The molecule has 0 saturated carbocycles. The third kappa shape index (κ3) is 1.95. The van der Waals surface area contributed by atoms with Gasteiger partial charge in [0.1, 0.15) is 11.6 Å². The van der Waals surface area contributed by atoms with Crippen molar-refractivity contribution in [3.05, 3.63) is 30.3 Å². The molecule has 0 bridgehead atoms. The minimum atomic E-state index is -0.148. The SMILES string of the molecule is COc1cc(NC(C)=O)nc2ccccc12. The van der Waals surface area contributed by atoms with Crippen LogP contribution in [0.5, 0.6) is 5.75 Å². The van der Waals surface area contributed by atoms with Gasteiger partial charge in [0.25, 0.3) is 0 Å². The van der Waals surface area contributed by atoms with E-state index in [1.54, 1.807) is 13.2 Å². The predicted molar refractivity (Wildman–Crippen MR) is 62.6 cm³/mol. The van der Waals surface area contributed by atoms with Crippen LogP contribution in [0, 0.1) is 0 Å². The molecule has 2 aromatic rings. The Balaban J connectivity index is 2.58. The molecule has 16 heavy (non-hydrogen) atoms. The largest absolute Gasteiger partial charge is 0.496 e. The summed E-state index contributed by atoms with van der Waals surface area (Å²) < 4.78 is 5.26. The lowest BCUT2D eigenvalue weighted by atomic mass is 10.2. The van der Waals surface area contributed by atoms with E-state index in [-0.39, 0.29) is 5.91 Å². The van der Waals surface area contributed by atoms with Gasteiger partial charge in [0.2, 0.25) is 5.91 Å². The van der Waals surface area contributed by atoms with Gasteiger partial charge in [0.15, 0.2) is 0 Å². The number of para-hydroxylation sites is 1. The van der Waals surface area contributed by atoms with Crippen LogP contribution in [-0.2, 0) is 4.79 Å². The number of rotatable bonds is 2. The first-order valence-electron chi connectivity index (χ1n) is 4.92. The highest BCUT2D eigenvalue weighted by Crippen LogP contribution is 2.26. The van der Waals surface area contributed by atoms with Crippen LogP contribution in [0.15, 0.2) is 30.3 Å². The number of hydrogen-bond acceptors (Lipinski definition) is 3. The summed E-state index contributed by atoms with van der Waals surface area (Å²) in [7, 11) is 1.60. The summed E-state index contributed by atoms with van der Waals surface area (Å²) in [6.45, 7) is 1.45. The van der Waals surface area contributed by atoms with E-state index < -0.39 is 0 Å². The van der Waals surface area contributed by atoms with Crippen molar-refractivity contribution in [2.24, 2.45) is 0 Å². The fourth-order valence-corrected chi connectivity index (χ4v) is 1.56. The average Bonchev–Trinajstić information content (AvgIpc) is 2.27. The molecule has 0 unspecified atom stereocenters. The first kappa shape index (κ1) is 10.4. The quantitative estimate of drug-likeness (QED) is 0.837. The van der Waals surface area contributed by atoms with E-state index in [0.717, 1.165) is 10.9 Å². The van der Waals surface area contributed by atoms with Crippen molar-refractivity contribution in [3.8, 4) is 5.75 Å². The second-order valence-electron chi connectivity index (χ2n) is 3.41. The molecule has 4 nitrogen and oxygen atoms in total. The van der Waals surface area contributed by atoms with Crippen molar-refractivity contribution in [2.75, 3.05) is 12.4 Å². The number of ether oxygens (including phenoxy) is 1. The second-order valence-corrected chi connectivity index (χ2v) is 3.41. The number of nitrogens with one attached hydrogen (secondary N) is 1. The minimum Gasteiger partial charge on any atom is -0.496 e. The van der Waals surface area contributed by atoms with Crippen LogP contribution in [0.3, 0.4) is 0 Å². The highest BCUT2D eigenvalue weighted by molar-refractivity contribution is 5.92. The maximum absolute atomic E-state index is 11.0. The molecule has 1 heterocycles. The average molecular weight is 216 g/mol. The predicted octanol–water partition coefficient (Wildman–Crippen LogP) is 2.20. The number of fused-ring (bicyclic) bond motifs is 1. The number of hydrogen-bond donors (Lipinski definition) is 1. The van der Waals surface area contributed by atoms with Crippen LogP contribution < -0.4 is 10.1 Å². The third-order valence-corrected chi connectivity index (χ3v) is 2.20. The zero-order chi connectivity index (χ0) is 11.5. The Kier molecular flexibility index (Phi) is 2.72. The van der Waals surface area contributed by atoms with E-state index in [2.05, 4.69) is 10.3 Å². The molecule has 0 aliphatic carbocycles. The van der Waals surface area contributed by atoms with Crippen molar-refractivity contribution in [1.82, 2.24) is 4.98 Å². The van der Waals surface area contributed by atoms with Crippen LogP contribution in [0.25, 0.3) is 10.9 Å². The summed E-state index contributed by atoms with van der Waals surface area (Å²) in [5, 5.41) is 3.57. The molecule has 82 valence electrons. The minimum absolute atomic E-state index is 0.148. The Morgan fingerprint density at radius 2 is 2.12 bits per heavy atom. The summed E-state index contributed by atoms with van der Waals surface area (Å²) >= 11 is 0. The Morgan fingerprint density at radius 1 is 1.38 bits per heavy atom. The zero-order valence-electron chi connectivity index (χ0n) is 9.15. The summed E-state index contributed by atoms with van der Waals surface area (Å²) in [6.07, 6.45) is 0. The molecule has 2 rings (SSSR count). The molecule has 0 radical (unpaired) electrons. The Hall–Kier alpha value is -2.10.